The van der Waals surface area contributed by atoms with Gasteiger partial charge in [-0.15, -0.1) is 0 Å². The number of hydrogen-bond donors (Lipinski definition) is 1. The van der Waals surface area contributed by atoms with Gasteiger partial charge in [0.1, 0.15) is 4.90 Å². The number of non-ortho nitro benzene ring substituents is 1. The van der Waals surface area contributed by atoms with Gasteiger partial charge in [0.25, 0.3) is 5.69 Å². The van der Waals surface area contributed by atoms with Gasteiger partial charge in [0.2, 0.25) is 10.0 Å². The van der Waals surface area contributed by atoms with Crippen molar-refractivity contribution in [3.8, 4) is 6.07 Å². The number of sulfonamides is 1. The molecule has 1 aromatic carbocycles. The van der Waals surface area contributed by atoms with Gasteiger partial charge in [0.05, 0.1) is 16.7 Å². The maximum Gasteiger partial charge on any atom is 0.270 e. The molecule has 19 heavy (non-hydrogen) atoms. The van der Waals surface area contributed by atoms with Gasteiger partial charge >= 0.3 is 0 Å². The molecule has 9 heteroatoms. The average molecular weight is 284 g/mol. The number of nitrogens with zero attached hydrogens (tertiary/aromatic N) is 3. The predicted molar refractivity (Wildman–Crippen MR) is 67.6 cm³/mol. The van der Waals surface area contributed by atoms with E-state index in [9.17, 15) is 18.5 Å². The molecule has 0 aromatic heterocycles. The molecule has 0 saturated carbocycles. The second-order valence-corrected chi connectivity index (χ2v) is 5.73. The number of anilines is 1. The minimum Gasteiger partial charge on any atom is -0.398 e. The van der Waals surface area contributed by atoms with Crippen molar-refractivity contribution < 1.29 is 13.3 Å². The van der Waals surface area contributed by atoms with Gasteiger partial charge in [0.15, 0.2) is 0 Å². The predicted octanol–water partition coefficient (Wildman–Crippen LogP) is 0.711. The summed E-state index contributed by atoms with van der Waals surface area (Å²) in [5.41, 5.74) is 5.11. The second-order valence-electron chi connectivity index (χ2n) is 3.71. The maximum absolute atomic E-state index is 12.1. The number of benzene rings is 1. The average Bonchev–Trinajstić information content (AvgIpc) is 2.35. The van der Waals surface area contributed by atoms with Gasteiger partial charge in [-0.1, -0.05) is 0 Å². The number of nitrogens with two attached hydrogens (primary N) is 1. The molecular weight excluding hydrogens is 272 g/mol. The van der Waals surface area contributed by atoms with Crippen LogP contribution in [0.4, 0.5) is 11.4 Å². The zero-order valence-corrected chi connectivity index (χ0v) is 10.9. The summed E-state index contributed by atoms with van der Waals surface area (Å²) in [4.78, 5) is 9.61. The zero-order chi connectivity index (χ0) is 14.6. The van der Waals surface area contributed by atoms with Crippen molar-refractivity contribution in [2.75, 3.05) is 19.3 Å². The smallest absolute Gasteiger partial charge is 0.270 e. The molecule has 102 valence electrons. The fourth-order valence-corrected chi connectivity index (χ4v) is 2.66. The van der Waals surface area contributed by atoms with Gasteiger partial charge in [-0.3, -0.25) is 10.1 Å². The lowest BCUT2D eigenvalue weighted by atomic mass is 10.3. The Hall–Kier alpha value is -2.18. The molecule has 0 radical (unpaired) electrons. The van der Waals surface area contributed by atoms with E-state index in [0.717, 1.165) is 16.4 Å². The van der Waals surface area contributed by atoms with Crippen LogP contribution in [0.25, 0.3) is 0 Å². The topological polar surface area (TPSA) is 130 Å². The molecule has 1 aromatic rings. The first-order valence-corrected chi connectivity index (χ1v) is 6.62. The summed E-state index contributed by atoms with van der Waals surface area (Å²) in [7, 11) is -2.66. The number of rotatable bonds is 5. The summed E-state index contributed by atoms with van der Waals surface area (Å²) in [5.74, 6) is 0. The van der Waals surface area contributed by atoms with Crippen molar-refractivity contribution in [2.24, 2.45) is 0 Å². The molecule has 2 N–H and O–H groups in total. The summed E-state index contributed by atoms with van der Waals surface area (Å²) in [5, 5.41) is 19.1. The molecule has 0 aliphatic rings. The molecule has 0 unspecified atom stereocenters. The monoisotopic (exact) mass is 284 g/mol. The van der Waals surface area contributed by atoms with E-state index in [0.29, 0.717) is 0 Å². The standard InChI is InChI=1S/C10H12N4O4S/c1-13(6-2-5-11)19(17,18)10-7-8(14(15)16)3-4-9(10)12/h3-4,7H,2,6,12H2,1H3. The molecule has 0 aliphatic carbocycles. The molecule has 0 atom stereocenters. The number of nitro groups is 1. The van der Waals surface area contributed by atoms with E-state index in [2.05, 4.69) is 0 Å². The van der Waals surface area contributed by atoms with Gasteiger partial charge in [0, 0.05) is 32.1 Å². The first kappa shape index (κ1) is 14.9. The van der Waals surface area contributed by atoms with E-state index in [4.69, 9.17) is 11.0 Å². The van der Waals surface area contributed by atoms with E-state index < -0.39 is 14.9 Å². The Bertz CT molecular complexity index is 635. The highest BCUT2D eigenvalue weighted by Crippen LogP contribution is 2.26. The largest absolute Gasteiger partial charge is 0.398 e. The second kappa shape index (κ2) is 5.64. The van der Waals surface area contributed by atoms with Crippen molar-refractivity contribution in [3.05, 3.63) is 28.3 Å². The Morgan fingerprint density at radius 2 is 2.16 bits per heavy atom. The fraction of sp³-hybridized carbons (Fsp3) is 0.300. The van der Waals surface area contributed by atoms with E-state index in [1.807, 2.05) is 6.07 Å². The van der Waals surface area contributed by atoms with Crippen LogP contribution in [0.1, 0.15) is 6.42 Å². The highest BCUT2D eigenvalue weighted by molar-refractivity contribution is 7.89. The lowest BCUT2D eigenvalue weighted by Gasteiger charge is -2.16. The number of nitro benzene ring substituents is 1. The highest BCUT2D eigenvalue weighted by Gasteiger charge is 2.25. The normalized spacial score (nSPS) is 11.2. The quantitative estimate of drug-likeness (QED) is 0.481. The fourth-order valence-electron chi connectivity index (χ4n) is 1.36. The Morgan fingerprint density at radius 1 is 1.53 bits per heavy atom. The van der Waals surface area contributed by atoms with Crippen molar-refractivity contribution in [1.82, 2.24) is 4.31 Å². The summed E-state index contributed by atoms with van der Waals surface area (Å²) < 4.78 is 25.2. The summed E-state index contributed by atoms with van der Waals surface area (Å²) >= 11 is 0. The van der Waals surface area contributed by atoms with Crippen LogP contribution in [0, 0.1) is 21.4 Å². The Balaban J connectivity index is 3.24. The summed E-state index contributed by atoms with van der Waals surface area (Å²) in [6.07, 6.45) is 0.0184. The number of hydrogen-bond acceptors (Lipinski definition) is 6. The SMILES string of the molecule is CN(CCC#N)S(=O)(=O)c1cc([N+](=O)[O-])ccc1N. The third-order valence-corrected chi connectivity index (χ3v) is 4.35. The molecule has 0 spiro atoms. The van der Waals surface area contributed by atoms with Crippen LogP contribution >= 0.6 is 0 Å². The first-order valence-electron chi connectivity index (χ1n) is 5.18. The Kier molecular flexibility index (Phi) is 4.42. The molecule has 0 amide bonds. The van der Waals surface area contributed by atoms with E-state index in [1.165, 1.54) is 13.1 Å². The molecule has 8 nitrogen and oxygen atoms in total. The van der Waals surface area contributed by atoms with Crippen LogP contribution in [-0.2, 0) is 10.0 Å². The summed E-state index contributed by atoms with van der Waals surface area (Å²) in [6.45, 7) is -0.0129. The van der Waals surface area contributed by atoms with Crippen molar-refractivity contribution in [1.29, 1.82) is 5.26 Å². The van der Waals surface area contributed by atoms with Gasteiger partial charge in [-0.25, -0.2) is 8.42 Å². The maximum atomic E-state index is 12.1. The van der Waals surface area contributed by atoms with Crippen LogP contribution in [0.3, 0.4) is 0 Å². The van der Waals surface area contributed by atoms with Crippen molar-refractivity contribution in [3.63, 3.8) is 0 Å². The molecule has 0 heterocycles. The van der Waals surface area contributed by atoms with Gasteiger partial charge in [-0.05, 0) is 6.07 Å². The minimum atomic E-state index is -3.95. The Morgan fingerprint density at radius 3 is 2.68 bits per heavy atom. The molecule has 0 aliphatic heterocycles. The van der Waals surface area contributed by atoms with E-state index in [-0.39, 0.29) is 29.2 Å². The van der Waals surface area contributed by atoms with Gasteiger partial charge < -0.3 is 5.73 Å². The van der Waals surface area contributed by atoms with Crippen LogP contribution in [0.2, 0.25) is 0 Å². The Labute approximate surface area is 110 Å². The highest BCUT2D eigenvalue weighted by atomic mass is 32.2. The van der Waals surface area contributed by atoms with E-state index >= 15 is 0 Å². The zero-order valence-electron chi connectivity index (χ0n) is 10.1. The summed E-state index contributed by atoms with van der Waals surface area (Å²) in [6, 6.07) is 5.03. The van der Waals surface area contributed by atoms with Crippen molar-refractivity contribution >= 4 is 21.4 Å². The van der Waals surface area contributed by atoms with Crippen LogP contribution in [-0.4, -0.2) is 31.2 Å². The number of nitriles is 1. The minimum absolute atomic E-state index is 0.0129. The third-order valence-electron chi connectivity index (χ3n) is 2.43. The van der Waals surface area contributed by atoms with E-state index in [1.54, 1.807) is 0 Å². The molecule has 0 fully saturated rings. The molecular formula is C10H12N4O4S. The van der Waals surface area contributed by atoms with Crippen LogP contribution in [0.5, 0.6) is 0 Å². The lowest BCUT2D eigenvalue weighted by molar-refractivity contribution is -0.385. The lowest BCUT2D eigenvalue weighted by Crippen LogP contribution is -2.28. The molecule has 0 saturated heterocycles. The number of nitrogen functional groups attached to an aromatic ring is 1. The van der Waals surface area contributed by atoms with Crippen molar-refractivity contribution in [2.45, 2.75) is 11.3 Å². The van der Waals surface area contributed by atoms with Crippen LogP contribution < -0.4 is 5.73 Å². The first-order chi connectivity index (χ1) is 8.80. The van der Waals surface area contributed by atoms with Crippen LogP contribution in [0.15, 0.2) is 23.1 Å². The third kappa shape index (κ3) is 3.18. The molecule has 1 rings (SSSR count). The molecule has 0 bridgehead atoms. The van der Waals surface area contributed by atoms with Gasteiger partial charge in [-0.2, -0.15) is 9.57 Å².